The largest absolute Gasteiger partial charge is 0.467 e. The molecule has 0 aliphatic carbocycles. The van der Waals surface area contributed by atoms with Crippen molar-refractivity contribution >= 4 is 29.2 Å². The Kier molecular flexibility index (Phi) is 5.59. The third kappa shape index (κ3) is 4.19. The number of hydrogen-bond donors (Lipinski definition) is 2. The predicted molar refractivity (Wildman–Crippen MR) is 85.8 cm³/mol. The van der Waals surface area contributed by atoms with Crippen LogP contribution in [0.5, 0.6) is 0 Å². The van der Waals surface area contributed by atoms with Crippen molar-refractivity contribution in [1.82, 2.24) is 15.2 Å². The summed E-state index contributed by atoms with van der Waals surface area (Å²) in [7, 11) is 1.86. The molecule has 2 aromatic rings. The van der Waals surface area contributed by atoms with Crippen molar-refractivity contribution in [2.45, 2.75) is 20.0 Å². The van der Waals surface area contributed by atoms with Crippen molar-refractivity contribution in [2.24, 2.45) is 12.0 Å². The van der Waals surface area contributed by atoms with Crippen molar-refractivity contribution in [3.63, 3.8) is 0 Å². The lowest BCUT2D eigenvalue weighted by molar-refractivity contribution is 0.501. The quantitative estimate of drug-likeness (QED) is 0.654. The summed E-state index contributed by atoms with van der Waals surface area (Å²) in [5, 5.41) is 7.45. The molecule has 0 aliphatic rings. The van der Waals surface area contributed by atoms with E-state index in [1.807, 2.05) is 36.7 Å². The fourth-order valence-electron chi connectivity index (χ4n) is 1.83. The van der Waals surface area contributed by atoms with E-state index in [0.29, 0.717) is 29.2 Å². The van der Waals surface area contributed by atoms with Gasteiger partial charge < -0.3 is 19.6 Å². The molecule has 2 aromatic heterocycles. The van der Waals surface area contributed by atoms with Gasteiger partial charge in [0.25, 0.3) is 0 Å². The van der Waals surface area contributed by atoms with E-state index in [4.69, 9.17) is 27.6 Å². The Balaban J connectivity index is 2.01. The van der Waals surface area contributed by atoms with Crippen LogP contribution in [0, 0.1) is 0 Å². The van der Waals surface area contributed by atoms with Gasteiger partial charge in [0.15, 0.2) is 5.96 Å². The van der Waals surface area contributed by atoms with E-state index in [0.717, 1.165) is 18.0 Å². The first kappa shape index (κ1) is 15.8. The van der Waals surface area contributed by atoms with Crippen LogP contribution in [0.15, 0.2) is 33.9 Å². The maximum atomic E-state index is 6.04. The fraction of sp³-hybridized carbons (Fsp3) is 0.357. The molecule has 2 heterocycles. The maximum Gasteiger partial charge on any atom is 0.192 e. The highest BCUT2D eigenvalue weighted by molar-refractivity contribution is 6.41. The van der Waals surface area contributed by atoms with E-state index in [-0.39, 0.29) is 0 Å². The number of aromatic nitrogens is 1. The van der Waals surface area contributed by atoms with E-state index in [1.165, 1.54) is 0 Å². The van der Waals surface area contributed by atoms with Crippen molar-refractivity contribution in [3.05, 3.63) is 46.1 Å². The van der Waals surface area contributed by atoms with Crippen molar-refractivity contribution in [2.75, 3.05) is 6.54 Å². The van der Waals surface area contributed by atoms with Gasteiger partial charge in [-0.25, -0.2) is 4.99 Å². The van der Waals surface area contributed by atoms with Gasteiger partial charge in [-0.15, -0.1) is 0 Å². The molecule has 0 atom stereocenters. The molecule has 2 N–H and O–H groups in total. The monoisotopic (exact) mass is 328 g/mol. The lowest BCUT2D eigenvalue weighted by atomic mass is 10.4. The standard InChI is InChI=1S/C14H18Cl2N4O/c1-3-17-14(19-9-11-5-4-6-21-11)18-8-10-7-12(15)13(16)20(10)2/h4-7H,3,8-9H2,1-2H3,(H2,17,18,19). The zero-order valence-corrected chi connectivity index (χ0v) is 13.5. The Morgan fingerprint density at radius 1 is 1.38 bits per heavy atom. The normalized spacial score (nSPS) is 11.7. The summed E-state index contributed by atoms with van der Waals surface area (Å²) in [6, 6.07) is 5.59. The van der Waals surface area contributed by atoms with E-state index < -0.39 is 0 Å². The number of nitrogens with zero attached hydrogens (tertiary/aromatic N) is 2. The number of furan rings is 1. The molecule has 7 heteroatoms. The number of hydrogen-bond acceptors (Lipinski definition) is 2. The number of aliphatic imine (C=N–C) groups is 1. The maximum absolute atomic E-state index is 6.04. The first-order chi connectivity index (χ1) is 10.1. The number of guanidine groups is 1. The Morgan fingerprint density at radius 3 is 2.76 bits per heavy atom. The van der Waals surface area contributed by atoms with E-state index in [9.17, 15) is 0 Å². The van der Waals surface area contributed by atoms with Gasteiger partial charge in [0.05, 0.1) is 24.4 Å². The van der Waals surface area contributed by atoms with Crippen molar-refractivity contribution < 1.29 is 4.42 Å². The van der Waals surface area contributed by atoms with E-state index >= 15 is 0 Å². The number of nitrogens with one attached hydrogen (secondary N) is 2. The summed E-state index contributed by atoms with van der Waals surface area (Å²) in [5.41, 5.74) is 0.945. The molecule has 0 fully saturated rings. The van der Waals surface area contributed by atoms with Gasteiger partial charge in [-0.2, -0.15) is 0 Å². The first-order valence-corrected chi connectivity index (χ1v) is 7.41. The average molecular weight is 329 g/mol. The summed E-state index contributed by atoms with van der Waals surface area (Å²) in [6.07, 6.45) is 1.65. The molecule has 114 valence electrons. The molecule has 0 spiro atoms. The minimum atomic E-state index is 0.483. The first-order valence-electron chi connectivity index (χ1n) is 6.66. The highest BCUT2D eigenvalue weighted by Gasteiger charge is 2.08. The van der Waals surface area contributed by atoms with Crippen LogP contribution in [0.25, 0.3) is 0 Å². The molecule has 0 saturated heterocycles. The van der Waals surface area contributed by atoms with Crippen LogP contribution in [0.2, 0.25) is 10.2 Å². The third-order valence-electron chi connectivity index (χ3n) is 2.97. The van der Waals surface area contributed by atoms with E-state index in [1.54, 1.807) is 6.26 Å². The lowest BCUT2D eigenvalue weighted by Crippen LogP contribution is -2.36. The highest BCUT2D eigenvalue weighted by Crippen LogP contribution is 2.25. The number of halogens is 2. The fourth-order valence-corrected chi connectivity index (χ4v) is 2.24. The Bertz CT molecular complexity index is 605. The van der Waals surface area contributed by atoms with Crippen LogP contribution in [0.4, 0.5) is 0 Å². The summed E-state index contributed by atoms with van der Waals surface area (Å²) in [4.78, 5) is 4.51. The van der Waals surface area contributed by atoms with E-state index in [2.05, 4.69) is 15.6 Å². The van der Waals surface area contributed by atoms with Gasteiger partial charge in [0.1, 0.15) is 10.9 Å². The van der Waals surface area contributed by atoms with Gasteiger partial charge in [-0.05, 0) is 25.1 Å². The molecule has 0 unspecified atom stereocenters. The smallest absolute Gasteiger partial charge is 0.192 e. The molecule has 0 aromatic carbocycles. The minimum Gasteiger partial charge on any atom is -0.467 e. The second kappa shape index (κ2) is 7.43. The van der Waals surface area contributed by atoms with Gasteiger partial charge in [-0.3, -0.25) is 0 Å². The van der Waals surface area contributed by atoms with Crippen LogP contribution in [0.1, 0.15) is 18.4 Å². The second-order valence-corrected chi connectivity index (χ2v) is 5.23. The zero-order chi connectivity index (χ0) is 15.2. The topological polar surface area (TPSA) is 54.5 Å². The van der Waals surface area contributed by atoms with Gasteiger partial charge in [0, 0.05) is 19.3 Å². The molecule has 0 bridgehead atoms. The number of rotatable bonds is 5. The molecule has 0 aliphatic heterocycles. The Labute approximate surface area is 133 Å². The minimum absolute atomic E-state index is 0.483. The van der Waals surface area contributed by atoms with Gasteiger partial charge in [-0.1, -0.05) is 23.2 Å². The molecular formula is C14H18Cl2N4O. The molecule has 0 radical (unpaired) electrons. The molecule has 2 rings (SSSR count). The SMILES string of the molecule is CCNC(=NCc1cc(Cl)c(Cl)n1C)NCc1ccco1. The summed E-state index contributed by atoms with van der Waals surface area (Å²) < 4.78 is 7.10. The zero-order valence-electron chi connectivity index (χ0n) is 12.0. The van der Waals surface area contributed by atoms with Crippen LogP contribution >= 0.6 is 23.2 Å². The molecule has 5 nitrogen and oxygen atoms in total. The van der Waals surface area contributed by atoms with Crippen LogP contribution < -0.4 is 10.6 Å². The van der Waals surface area contributed by atoms with Crippen LogP contribution in [0.3, 0.4) is 0 Å². The summed E-state index contributed by atoms with van der Waals surface area (Å²) in [5.74, 6) is 1.56. The highest BCUT2D eigenvalue weighted by atomic mass is 35.5. The molecule has 0 amide bonds. The van der Waals surface area contributed by atoms with Crippen molar-refractivity contribution in [1.29, 1.82) is 0 Å². The van der Waals surface area contributed by atoms with Gasteiger partial charge in [0.2, 0.25) is 0 Å². The second-order valence-electron chi connectivity index (χ2n) is 4.46. The lowest BCUT2D eigenvalue weighted by Gasteiger charge is -2.10. The van der Waals surface area contributed by atoms with Crippen LogP contribution in [-0.2, 0) is 20.1 Å². The summed E-state index contributed by atoms with van der Waals surface area (Å²) >= 11 is 12.0. The molecule has 21 heavy (non-hydrogen) atoms. The Hall–Kier alpha value is -1.59. The predicted octanol–water partition coefficient (Wildman–Crippen LogP) is 3.18. The molecular weight excluding hydrogens is 311 g/mol. The summed E-state index contributed by atoms with van der Waals surface area (Å²) in [6.45, 7) is 3.85. The van der Waals surface area contributed by atoms with Crippen LogP contribution in [-0.4, -0.2) is 17.1 Å². The third-order valence-corrected chi connectivity index (χ3v) is 3.81. The Morgan fingerprint density at radius 2 is 2.19 bits per heavy atom. The average Bonchev–Trinajstić information content (AvgIpc) is 3.07. The van der Waals surface area contributed by atoms with Gasteiger partial charge >= 0.3 is 0 Å². The van der Waals surface area contributed by atoms with Crippen molar-refractivity contribution in [3.8, 4) is 0 Å². The molecule has 0 saturated carbocycles.